The summed E-state index contributed by atoms with van der Waals surface area (Å²) in [4.78, 5) is 8.76. The molecule has 0 unspecified atom stereocenters. The molecule has 25 heavy (non-hydrogen) atoms. The van der Waals surface area contributed by atoms with Gasteiger partial charge in [0.25, 0.3) is 0 Å². The summed E-state index contributed by atoms with van der Waals surface area (Å²) in [7, 11) is 0. The highest BCUT2D eigenvalue weighted by Gasteiger charge is 2.02. The van der Waals surface area contributed by atoms with Gasteiger partial charge >= 0.3 is 0 Å². The van der Waals surface area contributed by atoms with Crippen LogP contribution in [0.15, 0.2) is 60.7 Å². The Bertz CT molecular complexity index is 842. The fourth-order valence-electron chi connectivity index (χ4n) is 2.36. The number of aryl methyl sites for hydroxylation is 2. The molecule has 0 aliphatic rings. The second-order valence-corrected chi connectivity index (χ2v) is 6.03. The smallest absolute Gasteiger partial charge is 0.227 e. The van der Waals surface area contributed by atoms with E-state index >= 15 is 0 Å². The number of benzene rings is 2. The van der Waals surface area contributed by atoms with E-state index in [1.54, 1.807) is 0 Å². The van der Waals surface area contributed by atoms with Crippen LogP contribution in [0.25, 0.3) is 0 Å². The lowest BCUT2D eigenvalue weighted by atomic mass is 10.3. The summed E-state index contributed by atoms with van der Waals surface area (Å²) < 4.78 is 0. The van der Waals surface area contributed by atoms with Crippen molar-refractivity contribution in [2.24, 2.45) is 0 Å². The third-order valence-electron chi connectivity index (χ3n) is 3.41. The van der Waals surface area contributed by atoms with E-state index in [4.69, 9.17) is 12.2 Å². The summed E-state index contributed by atoms with van der Waals surface area (Å²) in [6.07, 6.45) is 0. The van der Waals surface area contributed by atoms with Crippen molar-refractivity contribution in [2.45, 2.75) is 13.8 Å². The first-order valence-electron chi connectivity index (χ1n) is 7.91. The average Bonchev–Trinajstić information content (AvgIpc) is 2.56. The van der Waals surface area contributed by atoms with Gasteiger partial charge in [0.15, 0.2) is 5.11 Å². The molecular weight excluding hydrogens is 330 g/mol. The normalized spacial score (nSPS) is 10.2. The van der Waals surface area contributed by atoms with E-state index in [0.717, 1.165) is 28.5 Å². The molecule has 0 saturated carbocycles. The minimum atomic E-state index is 0.546. The van der Waals surface area contributed by atoms with Crippen LogP contribution in [0.3, 0.4) is 0 Å². The van der Waals surface area contributed by atoms with E-state index < -0.39 is 0 Å². The highest BCUT2D eigenvalue weighted by atomic mass is 32.1. The molecule has 5 nitrogen and oxygen atoms in total. The SMILES string of the molecule is Cc1cc(C)nc(Nc2ccc(NC(=S)Nc3ccccc3)cc2)n1. The Kier molecular flexibility index (Phi) is 5.20. The second kappa shape index (κ2) is 7.72. The molecule has 1 aromatic heterocycles. The molecule has 0 amide bonds. The van der Waals surface area contributed by atoms with Crippen LogP contribution in [-0.2, 0) is 0 Å². The number of rotatable bonds is 4. The highest BCUT2D eigenvalue weighted by Crippen LogP contribution is 2.17. The summed E-state index contributed by atoms with van der Waals surface area (Å²) in [5.74, 6) is 0.597. The maximum atomic E-state index is 5.33. The van der Waals surface area contributed by atoms with Crippen LogP contribution < -0.4 is 16.0 Å². The van der Waals surface area contributed by atoms with E-state index in [-0.39, 0.29) is 0 Å². The van der Waals surface area contributed by atoms with Crippen molar-refractivity contribution >= 4 is 40.3 Å². The van der Waals surface area contributed by atoms with Crippen molar-refractivity contribution in [3.05, 3.63) is 72.1 Å². The summed E-state index contributed by atoms with van der Waals surface area (Å²) in [6, 6.07) is 19.6. The number of aromatic nitrogens is 2. The van der Waals surface area contributed by atoms with E-state index in [0.29, 0.717) is 11.1 Å². The van der Waals surface area contributed by atoms with Gasteiger partial charge in [-0.1, -0.05) is 18.2 Å². The summed E-state index contributed by atoms with van der Waals surface area (Å²) in [5.41, 5.74) is 4.64. The Hall–Kier alpha value is -2.99. The summed E-state index contributed by atoms with van der Waals surface area (Å²) in [5, 5.41) is 10.1. The van der Waals surface area contributed by atoms with E-state index in [1.807, 2.05) is 74.5 Å². The molecule has 3 aromatic rings. The van der Waals surface area contributed by atoms with Crippen molar-refractivity contribution < 1.29 is 0 Å². The van der Waals surface area contributed by atoms with Gasteiger partial charge in [-0.25, -0.2) is 9.97 Å². The number of anilines is 4. The van der Waals surface area contributed by atoms with Crippen LogP contribution in [0.1, 0.15) is 11.4 Å². The van der Waals surface area contributed by atoms with E-state index in [9.17, 15) is 0 Å². The van der Waals surface area contributed by atoms with Crippen molar-refractivity contribution in [3.8, 4) is 0 Å². The fraction of sp³-hybridized carbons (Fsp3) is 0.105. The van der Waals surface area contributed by atoms with Crippen LogP contribution in [0.4, 0.5) is 23.0 Å². The molecule has 0 bridgehead atoms. The van der Waals surface area contributed by atoms with Crippen molar-refractivity contribution in [1.29, 1.82) is 0 Å². The first kappa shape index (κ1) is 16.9. The predicted octanol–water partition coefficient (Wildman–Crippen LogP) is 4.65. The standard InChI is InChI=1S/C19H19N5S/c1-13-12-14(2)21-18(20-13)22-16-8-10-17(11-9-16)24-19(25)23-15-6-4-3-5-7-15/h3-12H,1-2H3,(H,20,21,22)(H2,23,24,25). The third-order valence-corrected chi connectivity index (χ3v) is 3.62. The Morgan fingerprint density at radius 3 is 1.88 bits per heavy atom. The molecule has 2 aromatic carbocycles. The van der Waals surface area contributed by atoms with Crippen molar-refractivity contribution in [1.82, 2.24) is 9.97 Å². The molecule has 3 rings (SSSR count). The molecule has 0 aliphatic carbocycles. The zero-order valence-electron chi connectivity index (χ0n) is 14.1. The molecule has 1 heterocycles. The second-order valence-electron chi connectivity index (χ2n) is 5.62. The molecule has 0 atom stereocenters. The Labute approximate surface area is 152 Å². The first-order chi connectivity index (χ1) is 12.1. The van der Waals surface area contributed by atoms with E-state index in [1.165, 1.54) is 0 Å². The number of nitrogens with one attached hydrogen (secondary N) is 3. The van der Waals surface area contributed by atoms with Crippen LogP contribution >= 0.6 is 12.2 Å². The number of para-hydroxylation sites is 1. The number of hydrogen-bond donors (Lipinski definition) is 3. The van der Waals surface area contributed by atoms with Crippen LogP contribution in [0.5, 0.6) is 0 Å². The Balaban J connectivity index is 1.61. The molecule has 0 radical (unpaired) electrons. The van der Waals surface area contributed by atoms with E-state index in [2.05, 4.69) is 25.9 Å². The average molecular weight is 349 g/mol. The first-order valence-corrected chi connectivity index (χ1v) is 8.32. The van der Waals surface area contributed by atoms with Crippen molar-refractivity contribution in [3.63, 3.8) is 0 Å². The molecule has 126 valence electrons. The molecule has 0 fully saturated rings. The lowest BCUT2D eigenvalue weighted by Gasteiger charge is -2.11. The Morgan fingerprint density at radius 1 is 0.760 bits per heavy atom. The quantitative estimate of drug-likeness (QED) is 0.596. The minimum Gasteiger partial charge on any atom is -0.332 e. The lowest BCUT2D eigenvalue weighted by Crippen LogP contribution is -2.18. The largest absolute Gasteiger partial charge is 0.332 e. The third kappa shape index (κ3) is 4.99. The molecule has 3 N–H and O–H groups in total. The van der Waals surface area contributed by atoms with Gasteiger partial charge in [0, 0.05) is 28.5 Å². The molecule has 6 heteroatoms. The zero-order chi connectivity index (χ0) is 17.6. The monoisotopic (exact) mass is 349 g/mol. The molecule has 0 saturated heterocycles. The Morgan fingerprint density at radius 2 is 1.28 bits per heavy atom. The lowest BCUT2D eigenvalue weighted by molar-refractivity contribution is 1.06. The topological polar surface area (TPSA) is 61.9 Å². The van der Waals surface area contributed by atoms with Gasteiger partial charge in [-0.15, -0.1) is 0 Å². The van der Waals surface area contributed by atoms with Gasteiger partial charge in [0.2, 0.25) is 5.95 Å². The molecule has 0 spiro atoms. The maximum absolute atomic E-state index is 5.33. The van der Waals surface area contributed by atoms with Gasteiger partial charge < -0.3 is 16.0 Å². The highest BCUT2D eigenvalue weighted by molar-refractivity contribution is 7.80. The van der Waals surface area contributed by atoms with Gasteiger partial charge in [0.1, 0.15) is 0 Å². The molecule has 0 aliphatic heterocycles. The summed E-state index contributed by atoms with van der Waals surface area (Å²) in [6.45, 7) is 3.90. The van der Waals surface area contributed by atoms with Gasteiger partial charge in [-0.05, 0) is 68.5 Å². The fourth-order valence-corrected chi connectivity index (χ4v) is 2.60. The van der Waals surface area contributed by atoms with Crippen LogP contribution in [0.2, 0.25) is 0 Å². The predicted molar refractivity (Wildman–Crippen MR) is 108 cm³/mol. The van der Waals surface area contributed by atoms with Crippen LogP contribution in [-0.4, -0.2) is 15.1 Å². The molecular formula is C19H19N5S. The van der Waals surface area contributed by atoms with Gasteiger partial charge in [-0.2, -0.15) is 0 Å². The van der Waals surface area contributed by atoms with Crippen molar-refractivity contribution in [2.75, 3.05) is 16.0 Å². The number of thiocarbonyl (C=S) groups is 1. The zero-order valence-corrected chi connectivity index (χ0v) is 14.9. The van der Waals surface area contributed by atoms with Crippen LogP contribution in [0, 0.1) is 13.8 Å². The van der Waals surface area contributed by atoms with Gasteiger partial charge in [0.05, 0.1) is 0 Å². The minimum absolute atomic E-state index is 0.546. The number of hydrogen-bond acceptors (Lipinski definition) is 4. The van der Waals surface area contributed by atoms with Gasteiger partial charge in [-0.3, -0.25) is 0 Å². The maximum Gasteiger partial charge on any atom is 0.227 e. The summed E-state index contributed by atoms with van der Waals surface area (Å²) >= 11 is 5.33. The number of nitrogens with zero attached hydrogens (tertiary/aromatic N) is 2.